The fourth-order valence-electron chi connectivity index (χ4n) is 2.53. The number of ether oxygens (including phenoxy) is 2. The van der Waals surface area contributed by atoms with Gasteiger partial charge in [0.2, 0.25) is 0 Å². The fraction of sp³-hybridized carbons (Fsp3) is 0.524. The second-order valence-corrected chi connectivity index (χ2v) is 6.57. The number of ketones is 1. The molecule has 0 aliphatic heterocycles. The van der Waals surface area contributed by atoms with E-state index in [9.17, 15) is 22.8 Å². The normalized spacial score (nSPS) is 12.0. The number of carbonyl (C=O) groups is 2. The Morgan fingerprint density at radius 2 is 1.83 bits per heavy atom. The molecule has 0 radical (unpaired) electrons. The number of unbranched alkanes of at least 4 members (excludes halogenated alkanes) is 1. The van der Waals surface area contributed by atoms with E-state index in [0.29, 0.717) is 18.3 Å². The van der Waals surface area contributed by atoms with Crippen molar-refractivity contribution < 1.29 is 32.2 Å². The monoisotopic (exact) mass is 412 g/mol. The lowest BCUT2D eigenvalue weighted by Crippen LogP contribution is -2.29. The van der Waals surface area contributed by atoms with Crippen LogP contribution >= 0.6 is 0 Å². The van der Waals surface area contributed by atoms with Gasteiger partial charge in [0.1, 0.15) is 11.3 Å². The van der Waals surface area contributed by atoms with E-state index in [4.69, 9.17) is 10.1 Å². The van der Waals surface area contributed by atoms with Gasteiger partial charge in [-0.15, -0.1) is 0 Å². The van der Waals surface area contributed by atoms with Crippen LogP contribution in [0.2, 0.25) is 0 Å². The van der Waals surface area contributed by atoms with E-state index >= 15 is 0 Å². The highest BCUT2D eigenvalue weighted by Gasteiger charge is 2.43. The SMILES string of the molecule is CCCCC(CC)COc1ccc(CCOC(=O)C(=C=[N-])C(=O)C(F)(F)F)cc1. The third kappa shape index (κ3) is 8.52. The number of Topliss-reactive ketones (excluding diaryl/α,β-unsaturated/α-hetero) is 1. The summed E-state index contributed by atoms with van der Waals surface area (Å²) >= 11 is 0. The number of halogens is 3. The summed E-state index contributed by atoms with van der Waals surface area (Å²) in [4.78, 5) is 22.5. The molecule has 29 heavy (non-hydrogen) atoms. The Hall–Kier alpha value is -2.60. The summed E-state index contributed by atoms with van der Waals surface area (Å²) in [5.74, 6) is -1.92. The summed E-state index contributed by atoms with van der Waals surface area (Å²) in [7, 11) is 0. The van der Waals surface area contributed by atoms with Crippen LogP contribution in [0, 0.1) is 5.92 Å². The van der Waals surface area contributed by atoms with Crippen LogP contribution in [0.15, 0.2) is 29.8 Å². The van der Waals surface area contributed by atoms with Crippen LogP contribution in [0.1, 0.15) is 45.1 Å². The van der Waals surface area contributed by atoms with Crippen molar-refractivity contribution in [2.75, 3.05) is 13.2 Å². The first-order chi connectivity index (χ1) is 13.7. The number of carbonyl (C=O) groups excluding carboxylic acids is 2. The van der Waals surface area contributed by atoms with Crippen molar-refractivity contribution in [1.82, 2.24) is 0 Å². The van der Waals surface area contributed by atoms with Crippen LogP contribution in [-0.4, -0.2) is 37.0 Å². The van der Waals surface area contributed by atoms with Gasteiger partial charge in [-0.1, -0.05) is 45.2 Å². The lowest BCUT2D eigenvalue weighted by molar-refractivity contribution is -0.168. The predicted molar refractivity (Wildman–Crippen MR) is 103 cm³/mol. The van der Waals surface area contributed by atoms with Crippen molar-refractivity contribution in [3.05, 3.63) is 40.8 Å². The average molecular weight is 412 g/mol. The first-order valence-corrected chi connectivity index (χ1v) is 9.50. The third-order valence-corrected chi connectivity index (χ3v) is 4.38. The highest BCUT2D eigenvalue weighted by Crippen LogP contribution is 2.21. The maximum Gasteiger partial charge on any atom is 0.455 e. The van der Waals surface area contributed by atoms with Gasteiger partial charge in [-0.3, -0.25) is 10.7 Å². The van der Waals surface area contributed by atoms with Gasteiger partial charge in [0.15, 0.2) is 0 Å². The number of esters is 1. The molecule has 0 spiro atoms. The van der Waals surface area contributed by atoms with Gasteiger partial charge in [0.25, 0.3) is 5.78 Å². The molecular formula is C21H25F3NO4-. The number of alkyl halides is 3. The standard InChI is InChI=1S/C21H25F3NO4/c1-3-5-6-15(4-2)14-29-17-9-7-16(8-10-17)11-12-28-20(27)18(13-25)19(26)21(22,23)24/h7-10,15H,3-6,11-12,14H2,1-2H3/q-1. The molecule has 0 aromatic heterocycles. The number of nitrogens with zero attached hydrogens (tertiary/aromatic N) is 1. The highest BCUT2D eigenvalue weighted by molar-refractivity contribution is 6.25. The summed E-state index contributed by atoms with van der Waals surface area (Å²) < 4.78 is 47.4. The molecule has 0 saturated carbocycles. The summed E-state index contributed by atoms with van der Waals surface area (Å²) in [5, 5.41) is 8.61. The molecule has 1 atom stereocenters. The fourth-order valence-corrected chi connectivity index (χ4v) is 2.53. The minimum Gasteiger partial charge on any atom is -0.762 e. The molecule has 0 aliphatic carbocycles. The zero-order chi connectivity index (χ0) is 21.9. The second kappa shape index (κ2) is 12.1. The molecule has 0 heterocycles. The van der Waals surface area contributed by atoms with Crippen molar-refractivity contribution in [3.8, 4) is 5.75 Å². The molecule has 1 unspecified atom stereocenters. The number of hydrogen-bond donors (Lipinski definition) is 0. The number of benzene rings is 1. The van der Waals surface area contributed by atoms with Crippen LogP contribution < -0.4 is 4.74 Å². The van der Waals surface area contributed by atoms with E-state index in [0.717, 1.165) is 30.7 Å². The summed E-state index contributed by atoms with van der Waals surface area (Å²) in [6, 6.07) is 7.05. The average Bonchev–Trinajstić information content (AvgIpc) is 2.69. The van der Waals surface area contributed by atoms with Gasteiger partial charge in [0, 0.05) is 6.42 Å². The molecule has 160 valence electrons. The van der Waals surface area contributed by atoms with Crippen molar-refractivity contribution in [1.29, 1.82) is 0 Å². The molecule has 0 bridgehead atoms. The van der Waals surface area contributed by atoms with Gasteiger partial charge in [-0.25, -0.2) is 4.79 Å². The van der Waals surface area contributed by atoms with Crippen LogP contribution in [0.25, 0.3) is 5.41 Å². The van der Waals surface area contributed by atoms with Crippen LogP contribution in [0.5, 0.6) is 5.75 Å². The van der Waals surface area contributed by atoms with Crippen LogP contribution in [0.4, 0.5) is 13.2 Å². The Kier molecular flexibility index (Phi) is 10.2. The molecule has 1 aromatic carbocycles. The molecule has 0 aliphatic rings. The first-order valence-electron chi connectivity index (χ1n) is 9.50. The lowest BCUT2D eigenvalue weighted by Gasteiger charge is -2.15. The molecule has 0 amide bonds. The van der Waals surface area contributed by atoms with Gasteiger partial charge < -0.3 is 14.9 Å². The summed E-state index contributed by atoms with van der Waals surface area (Å²) in [5.41, 5.74) is -0.807. The van der Waals surface area contributed by atoms with Gasteiger partial charge >= 0.3 is 12.1 Å². The van der Waals surface area contributed by atoms with Crippen molar-refractivity contribution >= 4 is 17.6 Å². The first kappa shape index (κ1) is 24.4. The van der Waals surface area contributed by atoms with E-state index in [-0.39, 0.29) is 13.0 Å². The minimum absolute atomic E-state index is 0.221. The molecular weight excluding hydrogens is 387 g/mol. The molecule has 1 rings (SSSR count). The third-order valence-electron chi connectivity index (χ3n) is 4.38. The minimum atomic E-state index is -5.30. The molecule has 0 saturated heterocycles. The maximum atomic E-state index is 12.3. The second-order valence-electron chi connectivity index (χ2n) is 6.57. The van der Waals surface area contributed by atoms with Crippen LogP contribution in [0.3, 0.4) is 0 Å². The Morgan fingerprint density at radius 1 is 1.17 bits per heavy atom. The van der Waals surface area contributed by atoms with E-state index in [1.807, 2.05) is 0 Å². The maximum absolute atomic E-state index is 12.3. The van der Waals surface area contributed by atoms with Gasteiger partial charge in [-0.05, 0) is 30.0 Å². The Labute approximate surface area is 168 Å². The van der Waals surface area contributed by atoms with E-state index in [1.54, 1.807) is 24.3 Å². The molecule has 0 fully saturated rings. The Bertz CT molecular complexity index is 722. The van der Waals surface area contributed by atoms with Crippen molar-refractivity contribution in [2.45, 2.75) is 52.1 Å². The Balaban J connectivity index is 2.49. The van der Waals surface area contributed by atoms with Gasteiger partial charge in [0.05, 0.1) is 13.2 Å². The molecule has 1 aromatic rings. The predicted octanol–water partition coefficient (Wildman–Crippen LogP) is 4.66. The zero-order valence-electron chi connectivity index (χ0n) is 16.6. The quantitative estimate of drug-likeness (QED) is 0.164. The van der Waals surface area contributed by atoms with E-state index in [2.05, 4.69) is 18.6 Å². The van der Waals surface area contributed by atoms with Crippen molar-refractivity contribution in [2.24, 2.45) is 5.92 Å². The van der Waals surface area contributed by atoms with E-state index < -0.39 is 23.5 Å². The highest BCUT2D eigenvalue weighted by atomic mass is 19.4. The van der Waals surface area contributed by atoms with Crippen molar-refractivity contribution in [3.63, 3.8) is 0 Å². The molecule has 0 N–H and O–H groups in total. The zero-order valence-corrected chi connectivity index (χ0v) is 16.6. The molecule has 8 heteroatoms. The number of hydrogen-bond acceptors (Lipinski definition) is 4. The summed E-state index contributed by atoms with van der Waals surface area (Å²) in [6.45, 7) is 4.65. The smallest absolute Gasteiger partial charge is 0.455 e. The Morgan fingerprint density at radius 3 is 2.34 bits per heavy atom. The van der Waals surface area contributed by atoms with Gasteiger partial charge in [-0.2, -0.15) is 13.2 Å². The lowest BCUT2D eigenvalue weighted by atomic mass is 10.0. The number of rotatable bonds is 12. The largest absolute Gasteiger partial charge is 0.762 e. The molecule has 5 nitrogen and oxygen atoms in total. The van der Waals surface area contributed by atoms with Crippen LogP contribution in [-0.2, 0) is 20.7 Å². The summed E-state index contributed by atoms with van der Waals surface area (Å²) in [6.07, 6.45) is -0.601. The topological polar surface area (TPSA) is 74.9 Å². The van der Waals surface area contributed by atoms with E-state index in [1.165, 1.54) is 6.42 Å².